The summed E-state index contributed by atoms with van der Waals surface area (Å²) in [5, 5.41) is 0. The van der Waals surface area contributed by atoms with E-state index in [2.05, 4.69) is 83.7 Å². The molecule has 3 aliphatic rings. The second-order valence-corrected chi connectivity index (χ2v) is 11.9. The SMILES string of the molecule is C=CCN1C(C)CCC2C1CCC(C)N2C(c1ccc(C(=O)N2CCCCCC2)cc1)c1cccc(OC)c1. The second-order valence-electron chi connectivity index (χ2n) is 11.9. The van der Waals surface area contributed by atoms with Crippen molar-refractivity contribution in [3.05, 3.63) is 77.9 Å². The number of hydrogen-bond acceptors (Lipinski definition) is 4. The molecular formula is C34H47N3O2. The van der Waals surface area contributed by atoms with Gasteiger partial charge in [0.1, 0.15) is 5.75 Å². The largest absolute Gasteiger partial charge is 0.497 e. The maximum Gasteiger partial charge on any atom is 0.253 e. The Hall–Kier alpha value is -2.63. The minimum absolute atomic E-state index is 0.101. The minimum Gasteiger partial charge on any atom is -0.497 e. The summed E-state index contributed by atoms with van der Waals surface area (Å²) < 4.78 is 5.66. The van der Waals surface area contributed by atoms with E-state index in [0.717, 1.165) is 43.8 Å². The fourth-order valence-corrected chi connectivity index (χ4v) is 7.43. The highest BCUT2D eigenvalue weighted by atomic mass is 16.5. The van der Waals surface area contributed by atoms with Gasteiger partial charge >= 0.3 is 0 Å². The molecule has 3 saturated heterocycles. The van der Waals surface area contributed by atoms with Gasteiger partial charge in [-0.3, -0.25) is 14.6 Å². The molecule has 0 N–H and O–H groups in total. The van der Waals surface area contributed by atoms with Crippen molar-refractivity contribution < 1.29 is 9.53 Å². The van der Waals surface area contributed by atoms with Crippen molar-refractivity contribution >= 4 is 5.91 Å². The molecule has 5 unspecified atom stereocenters. The van der Waals surface area contributed by atoms with Crippen molar-refractivity contribution in [2.75, 3.05) is 26.7 Å². The summed E-state index contributed by atoms with van der Waals surface area (Å²) in [7, 11) is 1.74. The first-order valence-electron chi connectivity index (χ1n) is 15.2. The molecule has 5 heteroatoms. The molecule has 2 aromatic rings. The van der Waals surface area contributed by atoms with Crippen molar-refractivity contribution in [2.24, 2.45) is 0 Å². The predicted octanol–water partition coefficient (Wildman–Crippen LogP) is 6.69. The number of piperidine rings is 2. The highest BCUT2D eigenvalue weighted by Gasteiger charge is 2.45. The molecule has 0 spiro atoms. The molecule has 5 nitrogen and oxygen atoms in total. The Labute approximate surface area is 235 Å². The molecule has 1 amide bonds. The van der Waals surface area contributed by atoms with Crippen molar-refractivity contribution in [3.8, 4) is 5.75 Å². The van der Waals surface area contributed by atoms with Gasteiger partial charge in [-0.05, 0) is 87.8 Å². The van der Waals surface area contributed by atoms with Gasteiger partial charge in [0, 0.05) is 49.4 Å². The third-order valence-corrected chi connectivity index (χ3v) is 9.50. The maximum atomic E-state index is 13.3. The smallest absolute Gasteiger partial charge is 0.253 e. The van der Waals surface area contributed by atoms with Gasteiger partial charge in [0.05, 0.1) is 13.2 Å². The molecule has 3 heterocycles. The van der Waals surface area contributed by atoms with E-state index in [9.17, 15) is 4.79 Å². The number of carbonyl (C=O) groups excluding carboxylic acids is 1. The van der Waals surface area contributed by atoms with E-state index < -0.39 is 0 Å². The molecule has 0 aromatic heterocycles. The molecule has 5 atom stereocenters. The average Bonchev–Trinajstić information content (AvgIpc) is 3.26. The molecule has 210 valence electrons. The van der Waals surface area contributed by atoms with Crippen LogP contribution in [0.1, 0.15) is 92.7 Å². The van der Waals surface area contributed by atoms with Crippen LogP contribution in [0.2, 0.25) is 0 Å². The Morgan fingerprint density at radius 3 is 2.31 bits per heavy atom. The van der Waals surface area contributed by atoms with Gasteiger partial charge in [-0.15, -0.1) is 6.58 Å². The third kappa shape index (κ3) is 5.95. The van der Waals surface area contributed by atoms with E-state index in [4.69, 9.17) is 4.74 Å². The van der Waals surface area contributed by atoms with Gasteiger partial charge in [0.2, 0.25) is 0 Å². The van der Waals surface area contributed by atoms with Gasteiger partial charge < -0.3 is 9.64 Å². The number of ether oxygens (including phenoxy) is 1. The zero-order chi connectivity index (χ0) is 27.4. The number of fused-ring (bicyclic) bond motifs is 1. The number of methoxy groups -OCH3 is 1. The van der Waals surface area contributed by atoms with Crippen LogP contribution < -0.4 is 4.74 Å². The Morgan fingerprint density at radius 2 is 1.62 bits per heavy atom. The van der Waals surface area contributed by atoms with Crippen LogP contribution in [0.4, 0.5) is 0 Å². The summed E-state index contributed by atoms with van der Waals surface area (Å²) in [6.07, 6.45) is 11.6. The van der Waals surface area contributed by atoms with Gasteiger partial charge in [-0.2, -0.15) is 0 Å². The van der Waals surface area contributed by atoms with Crippen molar-refractivity contribution in [1.29, 1.82) is 0 Å². The summed E-state index contributed by atoms with van der Waals surface area (Å²) in [5.74, 6) is 1.06. The van der Waals surface area contributed by atoms with E-state index in [-0.39, 0.29) is 11.9 Å². The standard InChI is InChI=1S/C34H47N3O2/c1-5-21-36-25(2)13-20-32-31(36)19-14-26(3)37(32)33(29-11-10-12-30(24-29)39-4)27-15-17-28(18-16-27)34(38)35-22-8-6-7-9-23-35/h5,10-12,15-18,24-26,31-33H,1,6-9,13-14,19-23H2,2-4H3. The van der Waals surface area contributed by atoms with Gasteiger partial charge in [0.25, 0.3) is 5.91 Å². The Bertz CT molecular complexity index is 1110. The summed E-state index contributed by atoms with van der Waals surface area (Å²) >= 11 is 0. The first-order chi connectivity index (χ1) is 19.0. The van der Waals surface area contributed by atoms with Crippen LogP contribution in [0.15, 0.2) is 61.2 Å². The summed E-state index contributed by atoms with van der Waals surface area (Å²) in [6.45, 7) is 11.5. The molecule has 3 aliphatic heterocycles. The van der Waals surface area contributed by atoms with E-state index in [1.165, 1.54) is 49.7 Å². The van der Waals surface area contributed by atoms with Crippen LogP contribution >= 0.6 is 0 Å². The molecule has 0 saturated carbocycles. The van der Waals surface area contributed by atoms with Crippen molar-refractivity contribution in [3.63, 3.8) is 0 Å². The first kappa shape index (κ1) is 27.9. The number of rotatable bonds is 7. The average molecular weight is 530 g/mol. The topological polar surface area (TPSA) is 36.0 Å². The zero-order valence-electron chi connectivity index (χ0n) is 24.2. The molecule has 5 rings (SSSR count). The lowest BCUT2D eigenvalue weighted by molar-refractivity contribution is -0.0499. The predicted molar refractivity (Wildman–Crippen MR) is 159 cm³/mol. The molecule has 39 heavy (non-hydrogen) atoms. The van der Waals surface area contributed by atoms with Crippen molar-refractivity contribution in [2.45, 2.75) is 95.4 Å². The van der Waals surface area contributed by atoms with Gasteiger partial charge in [0.15, 0.2) is 0 Å². The summed E-state index contributed by atoms with van der Waals surface area (Å²) in [4.78, 5) is 20.9. The molecule has 2 aromatic carbocycles. The lowest BCUT2D eigenvalue weighted by Crippen LogP contribution is -2.63. The zero-order valence-corrected chi connectivity index (χ0v) is 24.2. The molecular weight excluding hydrogens is 482 g/mol. The van der Waals surface area contributed by atoms with Crippen molar-refractivity contribution in [1.82, 2.24) is 14.7 Å². The third-order valence-electron chi connectivity index (χ3n) is 9.50. The van der Waals surface area contributed by atoms with Crippen LogP contribution in [-0.4, -0.2) is 71.5 Å². The van der Waals surface area contributed by atoms with Crippen LogP contribution in [0.3, 0.4) is 0 Å². The molecule has 0 aliphatic carbocycles. The number of nitrogens with zero attached hydrogens (tertiary/aromatic N) is 3. The first-order valence-corrected chi connectivity index (χ1v) is 15.2. The fraction of sp³-hybridized carbons (Fsp3) is 0.559. The Balaban J connectivity index is 1.50. The maximum absolute atomic E-state index is 13.3. The van der Waals surface area contributed by atoms with E-state index in [1.807, 2.05) is 6.07 Å². The lowest BCUT2D eigenvalue weighted by atomic mass is 9.79. The Kier molecular flexibility index (Phi) is 9.09. The number of hydrogen-bond donors (Lipinski definition) is 0. The van der Waals surface area contributed by atoms with Gasteiger partial charge in [-0.25, -0.2) is 0 Å². The van der Waals surface area contributed by atoms with E-state index >= 15 is 0 Å². The number of likely N-dealkylation sites (tertiary alicyclic amines) is 3. The van der Waals surface area contributed by atoms with E-state index in [1.54, 1.807) is 7.11 Å². The summed E-state index contributed by atoms with van der Waals surface area (Å²) in [5.41, 5.74) is 3.30. The fourth-order valence-electron chi connectivity index (χ4n) is 7.43. The number of benzene rings is 2. The van der Waals surface area contributed by atoms with Crippen LogP contribution in [0.5, 0.6) is 5.75 Å². The monoisotopic (exact) mass is 529 g/mol. The molecule has 3 fully saturated rings. The quantitative estimate of drug-likeness (QED) is 0.374. The molecule has 0 bridgehead atoms. The number of carbonyl (C=O) groups is 1. The molecule has 0 radical (unpaired) electrons. The highest BCUT2D eigenvalue weighted by Crippen LogP contribution is 2.43. The minimum atomic E-state index is 0.101. The van der Waals surface area contributed by atoms with Crippen LogP contribution in [0.25, 0.3) is 0 Å². The summed E-state index contributed by atoms with van der Waals surface area (Å²) in [6, 6.07) is 19.3. The second kappa shape index (κ2) is 12.7. The Morgan fingerprint density at radius 1 is 0.923 bits per heavy atom. The normalized spacial score (nSPS) is 27.3. The van der Waals surface area contributed by atoms with Crippen LogP contribution in [0, 0.1) is 0 Å². The van der Waals surface area contributed by atoms with Crippen LogP contribution in [-0.2, 0) is 0 Å². The number of amides is 1. The lowest BCUT2D eigenvalue weighted by Gasteiger charge is -2.56. The van der Waals surface area contributed by atoms with Gasteiger partial charge in [-0.1, -0.05) is 43.2 Å². The van der Waals surface area contributed by atoms with E-state index in [0.29, 0.717) is 24.2 Å². The highest BCUT2D eigenvalue weighted by molar-refractivity contribution is 5.94.